The molecule has 0 bridgehead atoms. The van der Waals surface area contributed by atoms with Crippen molar-refractivity contribution in [1.82, 2.24) is 15.3 Å². The molecule has 1 N–H and O–H groups in total. The summed E-state index contributed by atoms with van der Waals surface area (Å²) in [5.41, 5.74) is 0. The van der Waals surface area contributed by atoms with E-state index in [1.165, 1.54) is 19.3 Å². The largest absolute Gasteiger partial charge is 0.356 e. The summed E-state index contributed by atoms with van der Waals surface area (Å²) >= 11 is 0. The molecule has 1 aliphatic rings. The van der Waals surface area contributed by atoms with E-state index in [0.717, 1.165) is 44.7 Å². The van der Waals surface area contributed by atoms with E-state index in [-0.39, 0.29) is 11.8 Å². The van der Waals surface area contributed by atoms with E-state index >= 15 is 0 Å². The molecule has 1 unspecified atom stereocenters. The number of carbonyl (C=O) groups is 1. The van der Waals surface area contributed by atoms with Gasteiger partial charge in [0.15, 0.2) is 0 Å². The molecule has 2 heterocycles. The zero-order valence-corrected chi connectivity index (χ0v) is 12.9. The van der Waals surface area contributed by atoms with Crippen molar-refractivity contribution in [2.45, 2.75) is 45.4 Å². The fourth-order valence-electron chi connectivity index (χ4n) is 2.76. The Balaban J connectivity index is 1.76. The lowest BCUT2D eigenvalue weighted by Gasteiger charge is -2.32. The number of nitrogens with one attached hydrogen (secondary N) is 1. The van der Waals surface area contributed by atoms with Crippen LogP contribution < -0.4 is 10.2 Å². The first-order valence-corrected chi connectivity index (χ1v) is 8.10. The Labute approximate surface area is 127 Å². The molecule has 5 nitrogen and oxygen atoms in total. The second-order valence-electron chi connectivity index (χ2n) is 5.70. The van der Waals surface area contributed by atoms with E-state index in [0.29, 0.717) is 0 Å². The van der Waals surface area contributed by atoms with Crippen LogP contribution in [0.3, 0.4) is 0 Å². The van der Waals surface area contributed by atoms with E-state index in [1.807, 2.05) is 0 Å². The standard InChI is InChI=1S/C16H26N4O/c1-2-3-4-5-8-19-16(21)14-7-6-11-20(13-14)15-12-17-9-10-18-15/h9-10,12,14H,2-8,11,13H2,1H3,(H,19,21). The highest BCUT2D eigenvalue weighted by Gasteiger charge is 2.26. The molecule has 0 aromatic carbocycles. The van der Waals surface area contributed by atoms with Gasteiger partial charge in [0.05, 0.1) is 12.1 Å². The SMILES string of the molecule is CCCCCCNC(=O)C1CCCN(c2cnccn2)C1. The number of hydrogen-bond donors (Lipinski definition) is 1. The molecular formula is C16H26N4O. The Hall–Kier alpha value is -1.65. The van der Waals surface area contributed by atoms with Crippen LogP contribution in [-0.4, -0.2) is 35.5 Å². The molecule has 1 atom stereocenters. The van der Waals surface area contributed by atoms with Crippen molar-refractivity contribution in [2.24, 2.45) is 5.92 Å². The number of rotatable bonds is 7. The topological polar surface area (TPSA) is 58.1 Å². The molecule has 1 fully saturated rings. The summed E-state index contributed by atoms with van der Waals surface area (Å²) in [7, 11) is 0. The van der Waals surface area contributed by atoms with E-state index < -0.39 is 0 Å². The van der Waals surface area contributed by atoms with Gasteiger partial charge in [0.1, 0.15) is 5.82 Å². The van der Waals surface area contributed by atoms with E-state index in [4.69, 9.17) is 0 Å². The minimum atomic E-state index is 0.0759. The number of piperidine rings is 1. The average molecular weight is 290 g/mol. The third-order valence-corrected chi connectivity index (χ3v) is 4.00. The Morgan fingerprint density at radius 2 is 2.29 bits per heavy atom. The molecule has 0 aliphatic carbocycles. The molecule has 1 amide bonds. The summed E-state index contributed by atoms with van der Waals surface area (Å²) in [6.45, 7) is 4.71. The highest BCUT2D eigenvalue weighted by molar-refractivity contribution is 5.79. The molecule has 5 heteroatoms. The average Bonchev–Trinajstić information content (AvgIpc) is 2.55. The van der Waals surface area contributed by atoms with Crippen LogP contribution in [0.25, 0.3) is 0 Å². The third-order valence-electron chi connectivity index (χ3n) is 4.00. The van der Waals surface area contributed by atoms with Crippen molar-refractivity contribution in [3.05, 3.63) is 18.6 Å². The molecule has 0 radical (unpaired) electrons. The van der Waals surface area contributed by atoms with E-state index in [1.54, 1.807) is 18.6 Å². The third kappa shape index (κ3) is 4.99. The lowest BCUT2D eigenvalue weighted by molar-refractivity contribution is -0.125. The predicted molar refractivity (Wildman–Crippen MR) is 84.1 cm³/mol. The van der Waals surface area contributed by atoms with Crippen molar-refractivity contribution in [1.29, 1.82) is 0 Å². The van der Waals surface area contributed by atoms with Crippen molar-refractivity contribution in [3.8, 4) is 0 Å². The van der Waals surface area contributed by atoms with Gasteiger partial charge in [0.25, 0.3) is 0 Å². The van der Waals surface area contributed by atoms with Gasteiger partial charge in [-0.15, -0.1) is 0 Å². The zero-order valence-electron chi connectivity index (χ0n) is 12.9. The monoisotopic (exact) mass is 290 g/mol. The molecule has 1 aromatic rings. The van der Waals surface area contributed by atoms with Crippen LogP contribution in [0, 0.1) is 5.92 Å². The smallest absolute Gasteiger partial charge is 0.224 e. The highest BCUT2D eigenvalue weighted by Crippen LogP contribution is 2.20. The Morgan fingerprint density at radius 1 is 1.38 bits per heavy atom. The van der Waals surface area contributed by atoms with Gasteiger partial charge in [-0.3, -0.25) is 9.78 Å². The number of aromatic nitrogens is 2. The van der Waals surface area contributed by atoms with Crippen molar-refractivity contribution < 1.29 is 4.79 Å². The minimum absolute atomic E-state index is 0.0759. The lowest BCUT2D eigenvalue weighted by Crippen LogP contribution is -2.43. The van der Waals surface area contributed by atoms with Crippen molar-refractivity contribution >= 4 is 11.7 Å². The quantitative estimate of drug-likeness (QED) is 0.783. The van der Waals surface area contributed by atoms with Crippen molar-refractivity contribution in [2.75, 3.05) is 24.5 Å². The summed E-state index contributed by atoms with van der Waals surface area (Å²) in [4.78, 5) is 22.8. The molecule has 1 aliphatic heterocycles. The Morgan fingerprint density at radius 3 is 3.05 bits per heavy atom. The fourth-order valence-corrected chi connectivity index (χ4v) is 2.76. The molecule has 116 valence electrons. The molecular weight excluding hydrogens is 264 g/mol. The number of anilines is 1. The number of carbonyl (C=O) groups excluding carboxylic acids is 1. The normalized spacial score (nSPS) is 18.5. The van der Waals surface area contributed by atoms with Gasteiger partial charge in [0.2, 0.25) is 5.91 Å². The molecule has 1 aromatic heterocycles. The van der Waals surface area contributed by atoms with Gasteiger partial charge < -0.3 is 10.2 Å². The zero-order chi connectivity index (χ0) is 14.9. The summed E-state index contributed by atoms with van der Waals surface area (Å²) < 4.78 is 0. The van der Waals surface area contributed by atoms with Gasteiger partial charge in [-0.05, 0) is 19.3 Å². The molecule has 0 saturated carbocycles. The molecule has 1 saturated heterocycles. The Bertz CT molecular complexity index is 424. The molecule has 0 spiro atoms. The van der Waals surface area contributed by atoms with Crippen LogP contribution in [0.1, 0.15) is 45.4 Å². The van der Waals surface area contributed by atoms with E-state index in [9.17, 15) is 4.79 Å². The number of amides is 1. The first-order valence-electron chi connectivity index (χ1n) is 8.10. The summed E-state index contributed by atoms with van der Waals surface area (Å²) in [6.07, 6.45) is 11.9. The van der Waals surface area contributed by atoms with Crippen LogP contribution >= 0.6 is 0 Å². The number of unbranched alkanes of at least 4 members (excludes halogenated alkanes) is 3. The minimum Gasteiger partial charge on any atom is -0.356 e. The maximum Gasteiger partial charge on any atom is 0.224 e. The van der Waals surface area contributed by atoms with E-state index in [2.05, 4.69) is 27.1 Å². The van der Waals surface area contributed by atoms with Crippen molar-refractivity contribution in [3.63, 3.8) is 0 Å². The number of hydrogen-bond acceptors (Lipinski definition) is 4. The van der Waals surface area contributed by atoms with Gasteiger partial charge in [-0.25, -0.2) is 4.98 Å². The van der Waals surface area contributed by atoms with Gasteiger partial charge in [-0.2, -0.15) is 0 Å². The first-order chi connectivity index (χ1) is 10.3. The van der Waals surface area contributed by atoms with Gasteiger partial charge in [-0.1, -0.05) is 26.2 Å². The highest BCUT2D eigenvalue weighted by atomic mass is 16.1. The van der Waals surface area contributed by atoms with Crippen LogP contribution in [0.5, 0.6) is 0 Å². The number of nitrogens with zero attached hydrogens (tertiary/aromatic N) is 3. The second kappa shape index (κ2) is 8.60. The molecule has 2 rings (SSSR count). The summed E-state index contributed by atoms with van der Waals surface area (Å²) in [5.74, 6) is 1.14. The lowest BCUT2D eigenvalue weighted by atomic mass is 9.97. The van der Waals surface area contributed by atoms with Gasteiger partial charge in [0, 0.05) is 32.0 Å². The maximum absolute atomic E-state index is 12.2. The van der Waals surface area contributed by atoms with Gasteiger partial charge >= 0.3 is 0 Å². The van der Waals surface area contributed by atoms with Crippen LogP contribution in [-0.2, 0) is 4.79 Å². The van der Waals surface area contributed by atoms with Crippen LogP contribution in [0.15, 0.2) is 18.6 Å². The maximum atomic E-state index is 12.2. The van der Waals surface area contributed by atoms with Crippen LogP contribution in [0.4, 0.5) is 5.82 Å². The second-order valence-corrected chi connectivity index (χ2v) is 5.70. The first kappa shape index (κ1) is 15.7. The summed E-state index contributed by atoms with van der Waals surface area (Å²) in [5, 5.41) is 3.08. The predicted octanol–water partition coefficient (Wildman–Crippen LogP) is 2.39. The summed E-state index contributed by atoms with van der Waals surface area (Å²) in [6, 6.07) is 0. The Kier molecular flexibility index (Phi) is 6.44. The fraction of sp³-hybridized carbons (Fsp3) is 0.688. The van der Waals surface area contributed by atoms with Crippen LogP contribution in [0.2, 0.25) is 0 Å². The molecule has 21 heavy (non-hydrogen) atoms.